The molecule has 7 nitrogen and oxygen atoms in total. The van der Waals surface area contributed by atoms with Gasteiger partial charge in [-0.3, -0.25) is 4.79 Å². The smallest absolute Gasteiger partial charge is 0.254 e. The maximum absolute atomic E-state index is 13.9. The van der Waals surface area contributed by atoms with Gasteiger partial charge in [0, 0.05) is 55.7 Å². The topological polar surface area (TPSA) is 82.8 Å². The third kappa shape index (κ3) is 6.69. The van der Waals surface area contributed by atoms with Crippen LogP contribution in [0, 0.1) is 25.2 Å². The van der Waals surface area contributed by atoms with Gasteiger partial charge in [0.2, 0.25) is 0 Å². The number of para-hydroxylation sites is 2. The first-order valence-corrected chi connectivity index (χ1v) is 14.6. The van der Waals surface area contributed by atoms with Crippen molar-refractivity contribution in [2.24, 2.45) is 0 Å². The van der Waals surface area contributed by atoms with Crippen LogP contribution in [0.15, 0.2) is 66.7 Å². The minimum atomic E-state index is -0.980. The fourth-order valence-electron chi connectivity index (χ4n) is 6.24. The maximum Gasteiger partial charge on any atom is 0.254 e. The van der Waals surface area contributed by atoms with Crippen molar-refractivity contribution < 1.29 is 9.90 Å². The zero-order valence-electron chi connectivity index (χ0n) is 25.1. The number of aliphatic hydroxyl groups is 1. The summed E-state index contributed by atoms with van der Waals surface area (Å²) in [6.07, 6.45) is 1.90. The Labute approximate surface area is 257 Å². The van der Waals surface area contributed by atoms with Crippen LogP contribution in [0.25, 0.3) is 0 Å². The highest BCUT2D eigenvalue weighted by atomic mass is 32.1. The normalized spacial score (nSPS) is 17.8. The molecular weight excluding hydrogens is 542 g/mol. The van der Waals surface area contributed by atoms with Gasteiger partial charge in [0.25, 0.3) is 5.91 Å². The summed E-state index contributed by atoms with van der Waals surface area (Å²) >= 11 is 0. The average molecular weight is 586 g/mol. The van der Waals surface area contributed by atoms with E-state index in [0.717, 1.165) is 54.1 Å². The highest BCUT2D eigenvalue weighted by Crippen LogP contribution is 2.30. The van der Waals surface area contributed by atoms with Crippen molar-refractivity contribution in [3.05, 3.63) is 89.0 Å². The number of anilines is 3. The Morgan fingerprint density at radius 3 is 2.29 bits per heavy atom. The minimum absolute atomic E-state index is 0. The average Bonchev–Trinajstić information content (AvgIpc) is 2.98. The van der Waals surface area contributed by atoms with E-state index < -0.39 is 5.60 Å². The highest BCUT2D eigenvalue weighted by molar-refractivity contribution is 7.59. The molecule has 1 atom stereocenters. The second-order valence-corrected chi connectivity index (χ2v) is 12.0. The summed E-state index contributed by atoms with van der Waals surface area (Å²) in [6.45, 7) is 11.2. The van der Waals surface area contributed by atoms with Gasteiger partial charge in [-0.1, -0.05) is 36.4 Å². The fourth-order valence-corrected chi connectivity index (χ4v) is 6.24. The van der Waals surface area contributed by atoms with Gasteiger partial charge < -0.3 is 25.1 Å². The van der Waals surface area contributed by atoms with Gasteiger partial charge in [-0.2, -0.15) is 18.8 Å². The van der Waals surface area contributed by atoms with Gasteiger partial charge in [-0.15, -0.1) is 0 Å². The molecule has 0 unspecified atom stereocenters. The monoisotopic (exact) mass is 585 g/mol. The van der Waals surface area contributed by atoms with E-state index in [9.17, 15) is 15.2 Å². The molecule has 42 heavy (non-hydrogen) atoms. The van der Waals surface area contributed by atoms with E-state index in [2.05, 4.69) is 46.3 Å². The Balaban J connectivity index is 0.00000405. The lowest BCUT2D eigenvalue weighted by atomic mass is 9.93. The lowest BCUT2D eigenvalue weighted by Crippen LogP contribution is -2.62. The van der Waals surface area contributed by atoms with Gasteiger partial charge in [0.15, 0.2) is 0 Å². The molecule has 0 aromatic heterocycles. The van der Waals surface area contributed by atoms with Gasteiger partial charge in [0.05, 0.1) is 22.9 Å². The molecule has 5 rings (SSSR count). The number of carbonyl (C=O) groups excluding carboxylic acids is 1. The van der Waals surface area contributed by atoms with Crippen LogP contribution in [0.5, 0.6) is 0 Å². The number of hydrogen-bond donors (Lipinski definition) is 2. The van der Waals surface area contributed by atoms with Crippen LogP contribution in [0.3, 0.4) is 0 Å². The van der Waals surface area contributed by atoms with Gasteiger partial charge >= 0.3 is 0 Å². The molecule has 3 aromatic rings. The van der Waals surface area contributed by atoms with E-state index in [1.165, 1.54) is 0 Å². The Morgan fingerprint density at radius 1 is 0.952 bits per heavy atom. The van der Waals surface area contributed by atoms with Crippen LogP contribution in [0.4, 0.5) is 17.1 Å². The summed E-state index contributed by atoms with van der Waals surface area (Å²) in [6, 6.07) is 24.4. The zero-order valence-corrected chi connectivity index (χ0v) is 26.1. The maximum atomic E-state index is 13.9. The molecule has 0 radical (unpaired) electrons. The van der Waals surface area contributed by atoms with Crippen LogP contribution in [-0.4, -0.2) is 66.3 Å². The zero-order chi connectivity index (χ0) is 29.1. The molecule has 0 spiro atoms. The minimum Gasteiger partial charge on any atom is -0.388 e. The standard InChI is InChI=1S/C34H41N5O2.H2S/c1-24-20-25(2)30(36-27-14-16-37(17-15-27)31-13-9-8-10-26(31)22-35)21-29(24)33(40)38-18-19-39(28-11-6-5-7-12-28)32(23-38)34(3,4)41;/h5-13,20-21,27,32,36,41H,14-19,23H2,1-4H3;1H2/t32-;/m0./s1. The molecule has 2 aliphatic heterocycles. The molecule has 0 aliphatic carbocycles. The van der Waals surface area contributed by atoms with Crippen LogP contribution >= 0.6 is 13.5 Å². The third-order valence-electron chi connectivity index (χ3n) is 8.59. The van der Waals surface area contributed by atoms with Crippen molar-refractivity contribution in [1.29, 1.82) is 5.26 Å². The Bertz CT molecular complexity index is 1420. The summed E-state index contributed by atoms with van der Waals surface area (Å²) in [4.78, 5) is 20.3. The van der Waals surface area contributed by atoms with Crippen molar-refractivity contribution in [3.63, 3.8) is 0 Å². The van der Waals surface area contributed by atoms with Gasteiger partial charge in [-0.25, -0.2) is 0 Å². The number of nitrogens with one attached hydrogen (secondary N) is 1. The summed E-state index contributed by atoms with van der Waals surface area (Å²) in [5, 5.41) is 24.3. The Kier molecular flexibility index (Phi) is 9.75. The number of piperidine rings is 1. The molecule has 2 saturated heterocycles. The number of benzene rings is 3. The van der Waals surface area contributed by atoms with Crippen LogP contribution in [0.1, 0.15) is 53.7 Å². The predicted molar refractivity (Wildman–Crippen MR) is 176 cm³/mol. The number of nitrogens with zero attached hydrogens (tertiary/aromatic N) is 4. The molecule has 1 amide bonds. The number of nitriles is 1. The van der Waals surface area contributed by atoms with Gasteiger partial charge in [0.1, 0.15) is 6.07 Å². The second kappa shape index (κ2) is 13.1. The molecular formula is C34H43N5O2S. The van der Waals surface area contributed by atoms with E-state index in [1.807, 2.05) is 74.2 Å². The quantitative estimate of drug-likeness (QED) is 0.399. The van der Waals surface area contributed by atoms with Crippen molar-refractivity contribution in [1.82, 2.24) is 4.90 Å². The van der Waals surface area contributed by atoms with Crippen LogP contribution in [0.2, 0.25) is 0 Å². The molecule has 2 N–H and O–H groups in total. The molecule has 2 aliphatic rings. The van der Waals surface area contributed by atoms with E-state index in [-0.39, 0.29) is 25.4 Å². The van der Waals surface area contributed by atoms with Crippen molar-refractivity contribution in [2.75, 3.05) is 47.8 Å². The SMILES string of the molecule is Cc1cc(C)c(C(=O)N2CCN(c3ccccc3)[C@H](C(C)(C)O)C2)cc1NC1CCN(c2ccccc2C#N)CC1.S. The van der Waals surface area contributed by atoms with E-state index >= 15 is 0 Å². The summed E-state index contributed by atoms with van der Waals surface area (Å²) in [5.41, 5.74) is 5.60. The number of carbonyl (C=O) groups is 1. The lowest BCUT2D eigenvalue weighted by Gasteiger charge is -2.47. The number of amides is 1. The van der Waals surface area contributed by atoms with Crippen molar-refractivity contribution in [3.8, 4) is 6.07 Å². The van der Waals surface area contributed by atoms with E-state index in [4.69, 9.17) is 0 Å². The van der Waals surface area contributed by atoms with Gasteiger partial charge in [-0.05, 0) is 82.0 Å². The number of aryl methyl sites for hydroxylation is 2. The van der Waals surface area contributed by atoms with Crippen LogP contribution in [-0.2, 0) is 0 Å². The van der Waals surface area contributed by atoms with E-state index in [0.29, 0.717) is 36.8 Å². The van der Waals surface area contributed by atoms with Crippen molar-refractivity contribution in [2.45, 2.75) is 58.2 Å². The molecule has 0 saturated carbocycles. The first kappa shape index (κ1) is 31.3. The molecule has 8 heteroatoms. The summed E-state index contributed by atoms with van der Waals surface area (Å²) < 4.78 is 0. The second-order valence-electron chi connectivity index (χ2n) is 12.0. The molecule has 222 valence electrons. The number of rotatable bonds is 6. The summed E-state index contributed by atoms with van der Waals surface area (Å²) in [5.74, 6) is 0.00967. The first-order valence-electron chi connectivity index (χ1n) is 14.6. The lowest BCUT2D eigenvalue weighted by molar-refractivity contribution is 0.0227. The first-order chi connectivity index (χ1) is 19.7. The highest BCUT2D eigenvalue weighted by Gasteiger charge is 2.39. The summed E-state index contributed by atoms with van der Waals surface area (Å²) in [7, 11) is 0. The number of hydrogen-bond acceptors (Lipinski definition) is 6. The fraction of sp³-hybridized carbons (Fsp3) is 0.412. The third-order valence-corrected chi connectivity index (χ3v) is 8.59. The predicted octanol–water partition coefficient (Wildman–Crippen LogP) is 5.47. The molecule has 0 bridgehead atoms. The molecule has 2 heterocycles. The number of piperazine rings is 1. The van der Waals surface area contributed by atoms with Crippen LogP contribution < -0.4 is 15.1 Å². The Morgan fingerprint density at radius 2 is 1.62 bits per heavy atom. The Hall–Kier alpha value is -3.67. The largest absolute Gasteiger partial charge is 0.388 e. The molecule has 2 fully saturated rings. The van der Waals surface area contributed by atoms with E-state index in [1.54, 1.807) is 0 Å². The van der Waals surface area contributed by atoms with Crippen molar-refractivity contribution >= 4 is 36.5 Å². The molecule has 3 aromatic carbocycles.